The fourth-order valence-corrected chi connectivity index (χ4v) is 4.20. The largest absolute Gasteiger partial charge is 0.487 e. The van der Waals surface area contributed by atoms with Crippen LogP contribution in [0.15, 0.2) is 35.7 Å². The summed E-state index contributed by atoms with van der Waals surface area (Å²) in [6.07, 6.45) is 4.94. The van der Waals surface area contributed by atoms with E-state index in [1.807, 2.05) is 50.4 Å². The lowest BCUT2D eigenvalue weighted by Crippen LogP contribution is -2.47. The van der Waals surface area contributed by atoms with Gasteiger partial charge in [0.1, 0.15) is 18.4 Å². The lowest BCUT2D eigenvalue weighted by Gasteiger charge is -2.28. The SMILES string of the molecule is CCN(CC)C(=O)C1CCCN1C(=O)C=Cc1ccc(OCc2csc(C)n2)cc1. The summed E-state index contributed by atoms with van der Waals surface area (Å²) in [5, 5.41) is 3.02. The summed E-state index contributed by atoms with van der Waals surface area (Å²) >= 11 is 1.61. The van der Waals surface area contributed by atoms with Gasteiger partial charge in [-0.2, -0.15) is 0 Å². The van der Waals surface area contributed by atoms with E-state index in [-0.39, 0.29) is 17.9 Å². The molecule has 1 aliphatic rings. The van der Waals surface area contributed by atoms with E-state index < -0.39 is 0 Å². The maximum atomic E-state index is 12.7. The van der Waals surface area contributed by atoms with E-state index in [2.05, 4.69) is 4.98 Å². The summed E-state index contributed by atoms with van der Waals surface area (Å²) in [4.78, 5) is 33.3. The molecule has 7 heteroatoms. The Kier molecular flexibility index (Phi) is 7.63. The summed E-state index contributed by atoms with van der Waals surface area (Å²) in [5.41, 5.74) is 1.83. The van der Waals surface area contributed by atoms with Crippen molar-refractivity contribution in [3.8, 4) is 5.75 Å². The highest BCUT2D eigenvalue weighted by molar-refractivity contribution is 7.09. The summed E-state index contributed by atoms with van der Waals surface area (Å²) in [7, 11) is 0. The number of benzene rings is 1. The normalized spacial score (nSPS) is 16.2. The fourth-order valence-electron chi connectivity index (χ4n) is 3.60. The highest BCUT2D eigenvalue weighted by atomic mass is 32.1. The van der Waals surface area contributed by atoms with Crippen molar-refractivity contribution in [2.75, 3.05) is 19.6 Å². The van der Waals surface area contributed by atoms with Gasteiger partial charge in [0, 0.05) is 31.1 Å². The lowest BCUT2D eigenvalue weighted by atomic mass is 10.1. The molecule has 1 aromatic heterocycles. The van der Waals surface area contributed by atoms with Crippen molar-refractivity contribution in [3.05, 3.63) is 52.0 Å². The molecule has 3 rings (SSSR count). The molecule has 160 valence electrons. The zero-order valence-corrected chi connectivity index (χ0v) is 18.7. The predicted octanol–water partition coefficient (Wildman–Crippen LogP) is 3.90. The van der Waals surface area contributed by atoms with Gasteiger partial charge < -0.3 is 14.5 Å². The highest BCUT2D eigenvalue weighted by Gasteiger charge is 2.34. The third-order valence-electron chi connectivity index (χ3n) is 5.25. The van der Waals surface area contributed by atoms with E-state index in [0.29, 0.717) is 26.2 Å². The van der Waals surface area contributed by atoms with Crippen molar-refractivity contribution in [2.45, 2.75) is 46.3 Å². The molecule has 0 bridgehead atoms. The first kappa shape index (κ1) is 22.0. The smallest absolute Gasteiger partial charge is 0.247 e. The van der Waals surface area contributed by atoms with Crippen LogP contribution in [0.1, 0.15) is 43.0 Å². The number of likely N-dealkylation sites (tertiary alicyclic amines) is 1. The number of carbonyl (C=O) groups excluding carboxylic acids is 2. The number of aromatic nitrogens is 1. The van der Waals surface area contributed by atoms with Gasteiger partial charge in [-0.15, -0.1) is 11.3 Å². The van der Waals surface area contributed by atoms with E-state index >= 15 is 0 Å². The number of rotatable bonds is 8. The minimum Gasteiger partial charge on any atom is -0.487 e. The number of thiazole rings is 1. The third kappa shape index (κ3) is 5.48. The number of hydrogen-bond donors (Lipinski definition) is 0. The van der Waals surface area contributed by atoms with Crippen molar-refractivity contribution in [1.82, 2.24) is 14.8 Å². The minimum atomic E-state index is -0.341. The van der Waals surface area contributed by atoms with Gasteiger partial charge in [-0.1, -0.05) is 12.1 Å². The Balaban J connectivity index is 1.56. The van der Waals surface area contributed by atoms with E-state index in [4.69, 9.17) is 4.74 Å². The molecular weight excluding hydrogens is 398 g/mol. The van der Waals surface area contributed by atoms with Gasteiger partial charge >= 0.3 is 0 Å². The van der Waals surface area contributed by atoms with Crippen LogP contribution in [0.4, 0.5) is 0 Å². The molecule has 1 aromatic carbocycles. The molecule has 0 radical (unpaired) electrons. The second-order valence-electron chi connectivity index (χ2n) is 7.25. The standard InChI is InChI=1S/C23H29N3O3S/c1-4-25(5-2)23(28)21-7-6-14-26(21)22(27)13-10-18-8-11-20(12-9-18)29-15-19-16-30-17(3)24-19/h8-13,16,21H,4-7,14-15H2,1-3H3. The molecule has 1 fully saturated rings. The molecule has 0 saturated carbocycles. The molecule has 1 saturated heterocycles. The Morgan fingerprint density at radius 3 is 2.63 bits per heavy atom. The second-order valence-corrected chi connectivity index (χ2v) is 8.31. The van der Waals surface area contributed by atoms with E-state index in [1.165, 1.54) is 0 Å². The first-order chi connectivity index (χ1) is 14.5. The number of amides is 2. The molecule has 30 heavy (non-hydrogen) atoms. The van der Waals surface area contributed by atoms with Crippen LogP contribution >= 0.6 is 11.3 Å². The second kappa shape index (κ2) is 10.4. The fraction of sp³-hybridized carbons (Fsp3) is 0.435. The van der Waals surface area contributed by atoms with Gasteiger partial charge in [0.25, 0.3) is 0 Å². The van der Waals surface area contributed by atoms with Crippen molar-refractivity contribution in [3.63, 3.8) is 0 Å². The highest BCUT2D eigenvalue weighted by Crippen LogP contribution is 2.21. The van der Waals surface area contributed by atoms with E-state index in [0.717, 1.165) is 34.9 Å². The van der Waals surface area contributed by atoms with Crippen LogP contribution in [-0.2, 0) is 16.2 Å². The lowest BCUT2D eigenvalue weighted by molar-refractivity contribution is -0.141. The van der Waals surface area contributed by atoms with Crippen LogP contribution in [0.3, 0.4) is 0 Å². The first-order valence-electron chi connectivity index (χ1n) is 10.4. The van der Waals surface area contributed by atoms with Crippen LogP contribution < -0.4 is 4.74 Å². The zero-order valence-electron chi connectivity index (χ0n) is 17.8. The molecule has 2 aromatic rings. The van der Waals surface area contributed by atoms with Crippen LogP contribution in [0.5, 0.6) is 5.75 Å². The average molecular weight is 428 g/mol. The molecule has 0 spiro atoms. The van der Waals surface area contributed by atoms with Crippen LogP contribution in [0, 0.1) is 6.92 Å². The number of aryl methyl sites for hydroxylation is 1. The molecule has 1 atom stereocenters. The van der Waals surface area contributed by atoms with Gasteiger partial charge in [-0.05, 0) is 57.4 Å². The van der Waals surface area contributed by atoms with Gasteiger partial charge in [-0.25, -0.2) is 4.98 Å². The van der Waals surface area contributed by atoms with E-state index in [9.17, 15) is 9.59 Å². The summed E-state index contributed by atoms with van der Waals surface area (Å²) in [6, 6.07) is 7.24. The van der Waals surface area contributed by atoms with E-state index in [1.54, 1.807) is 33.3 Å². The number of ether oxygens (including phenoxy) is 1. The Bertz CT molecular complexity index is 887. The number of nitrogens with zero attached hydrogens (tertiary/aromatic N) is 3. The number of likely N-dealkylation sites (N-methyl/N-ethyl adjacent to an activating group) is 1. The van der Waals surface area contributed by atoms with Crippen molar-refractivity contribution < 1.29 is 14.3 Å². The molecular formula is C23H29N3O3S. The van der Waals surface area contributed by atoms with Crippen molar-refractivity contribution >= 4 is 29.2 Å². The molecule has 0 N–H and O–H groups in total. The Morgan fingerprint density at radius 2 is 2.00 bits per heavy atom. The quantitative estimate of drug-likeness (QED) is 0.600. The number of carbonyl (C=O) groups is 2. The first-order valence-corrected chi connectivity index (χ1v) is 11.3. The van der Waals surface area contributed by atoms with Gasteiger partial charge in [0.15, 0.2) is 0 Å². The molecule has 6 nitrogen and oxygen atoms in total. The Morgan fingerprint density at radius 1 is 1.27 bits per heavy atom. The van der Waals surface area contributed by atoms with Gasteiger partial charge in [0.2, 0.25) is 11.8 Å². The van der Waals surface area contributed by atoms with Crippen LogP contribution in [0.25, 0.3) is 6.08 Å². The predicted molar refractivity (Wildman–Crippen MR) is 119 cm³/mol. The summed E-state index contributed by atoms with van der Waals surface area (Å²) < 4.78 is 5.75. The summed E-state index contributed by atoms with van der Waals surface area (Å²) in [5.74, 6) is 0.696. The minimum absolute atomic E-state index is 0.0519. The summed E-state index contributed by atoms with van der Waals surface area (Å²) in [6.45, 7) is 8.31. The van der Waals surface area contributed by atoms with Crippen LogP contribution in [-0.4, -0.2) is 52.3 Å². The topological polar surface area (TPSA) is 62.7 Å². The Labute approximate surface area is 182 Å². The molecule has 0 aliphatic carbocycles. The molecule has 2 amide bonds. The zero-order chi connectivity index (χ0) is 21.5. The maximum absolute atomic E-state index is 12.7. The molecule has 1 unspecified atom stereocenters. The number of hydrogen-bond acceptors (Lipinski definition) is 5. The van der Waals surface area contributed by atoms with Crippen molar-refractivity contribution in [2.24, 2.45) is 0 Å². The average Bonchev–Trinajstić information content (AvgIpc) is 3.41. The monoisotopic (exact) mass is 427 g/mol. The van der Waals surface area contributed by atoms with Gasteiger partial charge in [0.05, 0.1) is 10.7 Å². The van der Waals surface area contributed by atoms with Gasteiger partial charge in [-0.3, -0.25) is 9.59 Å². The third-order valence-corrected chi connectivity index (χ3v) is 6.07. The van der Waals surface area contributed by atoms with Crippen molar-refractivity contribution in [1.29, 1.82) is 0 Å². The molecule has 1 aliphatic heterocycles. The Hall–Kier alpha value is -2.67. The maximum Gasteiger partial charge on any atom is 0.247 e. The molecule has 2 heterocycles. The van der Waals surface area contributed by atoms with Crippen LogP contribution in [0.2, 0.25) is 0 Å².